The average molecular weight is 397 g/mol. The van der Waals surface area contributed by atoms with Gasteiger partial charge in [0.05, 0.1) is 11.4 Å². The van der Waals surface area contributed by atoms with Gasteiger partial charge in [0.25, 0.3) is 0 Å². The Hall–Kier alpha value is -2.54. The fourth-order valence-corrected chi connectivity index (χ4v) is 4.81. The first-order valence-electron chi connectivity index (χ1n) is 9.70. The number of nitrogens with one attached hydrogen (secondary N) is 1. The average Bonchev–Trinajstić information content (AvgIpc) is 3.28. The van der Waals surface area contributed by atoms with Crippen LogP contribution in [0.4, 0.5) is 0 Å². The smallest absolute Gasteiger partial charge is 0.223 e. The number of carbonyl (C=O) groups is 1. The van der Waals surface area contributed by atoms with E-state index >= 15 is 0 Å². The van der Waals surface area contributed by atoms with Gasteiger partial charge in [0.1, 0.15) is 10.8 Å². The number of aromatic nitrogens is 3. The van der Waals surface area contributed by atoms with Crippen LogP contribution in [0.25, 0.3) is 10.6 Å². The lowest BCUT2D eigenvalue weighted by atomic mass is 9.90. The van der Waals surface area contributed by atoms with Gasteiger partial charge in [0.15, 0.2) is 0 Å². The quantitative estimate of drug-likeness (QED) is 0.643. The molecule has 3 aromatic rings. The molecule has 146 valence electrons. The van der Waals surface area contributed by atoms with Crippen LogP contribution in [-0.4, -0.2) is 27.6 Å². The van der Waals surface area contributed by atoms with E-state index in [0.717, 1.165) is 65.4 Å². The second-order valence-electron chi connectivity index (χ2n) is 7.26. The third-order valence-electron chi connectivity index (χ3n) is 5.32. The molecule has 1 aliphatic carbocycles. The van der Waals surface area contributed by atoms with Crippen molar-refractivity contribution in [1.82, 2.24) is 20.4 Å². The van der Waals surface area contributed by atoms with Crippen molar-refractivity contribution in [3.8, 4) is 10.6 Å². The minimum Gasteiger partial charge on any atom is -0.361 e. The molecule has 1 amide bonds. The highest BCUT2D eigenvalue weighted by molar-refractivity contribution is 7.15. The summed E-state index contributed by atoms with van der Waals surface area (Å²) < 4.78 is 5.19. The van der Waals surface area contributed by atoms with Crippen LogP contribution in [0.1, 0.15) is 40.4 Å². The molecule has 0 saturated heterocycles. The number of nitrogens with zero attached hydrogens (tertiary/aromatic N) is 3. The van der Waals surface area contributed by atoms with E-state index in [-0.39, 0.29) is 11.8 Å². The van der Waals surface area contributed by atoms with Crippen molar-refractivity contribution >= 4 is 17.2 Å². The summed E-state index contributed by atoms with van der Waals surface area (Å²) in [4.78, 5) is 22.8. The summed E-state index contributed by atoms with van der Waals surface area (Å²) in [6.45, 7) is 4.56. The van der Waals surface area contributed by atoms with Gasteiger partial charge in [0.2, 0.25) is 5.91 Å². The zero-order chi connectivity index (χ0) is 19.5. The van der Waals surface area contributed by atoms with Gasteiger partial charge in [-0.05, 0) is 51.7 Å². The van der Waals surface area contributed by atoms with Gasteiger partial charge in [-0.25, -0.2) is 4.98 Å². The van der Waals surface area contributed by atoms with Crippen LogP contribution in [0.5, 0.6) is 0 Å². The van der Waals surface area contributed by atoms with Crippen molar-refractivity contribution in [3.05, 3.63) is 52.1 Å². The molecule has 0 radical (unpaired) electrons. The number of carbonyl (C=O) groups excluding carboxylic acids is 1. The second-order valence-corrected chi connectivity index (χ2v) is 8.35. The summed E-state index contributed by atoms with van der Waals surface area (Å²) >= 11 is 1.74. The minimum atomic E-state index is 0.0129. The molecule has 0 aliphatic heterocycles. The molecule has 0 saturated carbocycles. The highest BCUT2D eigenvalue weighted by Crippen LogP contribution is 2.34. The van der Waals surface area contributed by atoms with Crippen molar-refractivity contribution < 1.29 is 9.32 Å². The second kappa shape index (κ2) is 8.22. The van der Waals surface area contributed by atoms with Crippen LogP contribution in [-0.2, 0) is 24.1 Å². The summed E-state index contributed by atoms with van der Waals surface area (Å²) in [5, 5.41) is 8.10. The minimum absolute atomic E-state index is 0.0129. The van der Waals surface area contributed by atoms with E-state index in [4.69, 9.17) is 9.51 Å². The summed E-state index contributed by atoms with van der Waals surface area (Å²) in [5.74, 6) is 1.03. The van der Waals surface area contributed by atoms with E-state index in [1.54, 1.807) is 23.7 Å². The Morgan fingerprint density at radius 3 is 2.89 bits per heavy atom. The highest BCUT2D eigenvalue weighted by Gasteiger charge is 2.27. The van der Waals surface area contributed by atoms with Gasteiger partial charge in [0, 0.05) is 47.3 Å². The van der Waals surface area contributed by atoms with Gasteiger partial charge in [-0.15, -0.1) is 11.3 Å². The Balaban J connectivity index is 1.30. The van der Waals surface area contributed by atoms with Crippen molar-refractivity contribution in [1.29, 1.82) is 0 Å². The molecule has 28 heavy (non-hydrogen) atoms. The standard InChI is InChI=1S/C21H24N4O2S/c1-13-17(14(2)27-25-13)4-3-9-23-20(26)16-5-6-19-18(12-16)24-21(28-19)15-7-10-22-11-8-15/h7-8,10-11,16H,3-6,9,12H2,1-2H3,(H,23,26). The van der Waals surface area contributed by atoms with E-state index < -0.39 is 0 Å². The van der Waals surface area contributed by atoms with Gasteiger partial charge in [-0.3, -0.25) is 9.78 Å². The number of hydrogen-bond acceptors (Lipinski definition) is 6. The molecule has 1 unspecified atom stereocenters. The van der Waals surface area contributed by atoms with Crippen LogP contribution in [0, 0.1) is 19.8 Å². The number of rotatable bonds is 6. The van der Waals surface area contributed by atoms with Crippen molar-refractivity contribution in [2.75, 3.05) is 6.54 Å². The molecule has 3 heterocycles. The first-order chi connectivity index (χ1) is 13.6. The number of fused-ring (bicyclic) bond motifs is 1. The van der Waals surface area contributed by atoms with E-state index in [1.807, 2.05) is 26.0 Å². The van der Waals surface area contributed by atoms with Crippen LogP contribution < -0.4 is 5.32 Å². The normalized spacial score (nSPS) is 16.0. The molecule has 1 N–H and O–H groups in total. The van der Waals surface area contributed by atoms with Crippen LogP contribution in [0.3, 0.4) is 0 Å². The van der Waals surface area contributed by atoms with Gasteiger partial charge in [-0.2, -0.15) is 0 Å². The van der Waals surface area contributed by atoms with Crippen molar-refractivity contribution in [2.45, 2.75) is 46.0 Å². The summed E-state index contributed by atoms with van der Waals surface area (Å²) in [6, 6.07) is 3.96. The lowest BCUT2D eigenvalue weighted by molar-refractivity contribution is -0.125. The maximum absolute atomic E-state index is 12.6. The Morgan fingerprint density at radius 1 is 1.32 bits per heavy atom. The lowest BCUT2D eigenvalue weighted by Crippen LogP contribution is -2.34. The number of amides is 1. The monoisotopic (exact) mass is 396 g/mol. The van der Waals surface area contributed by atoms with Crippen LogP contribution in [0.2, 0.25) is 0 Å². The van der Waals surface area contributed by atoms with Crippen molar-refractivity contribution in [2.24, 2.45) is 5.92 Å². The van der Waals surface area contributed by atoms with Gasteiger partial charge >= 0.3 is 0 Å². The van der Waals surface area contributed by atoms with E-state index in [0.29, 0.717) is 6.54 Å². The Morgan fingerprint density at radius 2 is 2.14 bits per heavy atom. The van der Waals surface area contributed by atoms with E-state index in [2.05, 4.69) is 15.5 Å². The molecule has 0 bridgehead atoms. The number of thiazole rings is 1. The van der Waals surface area contributed by atoms with Gasteiger partial charge in [-0.1, -0.05) is 5.16 Å². The number of pyridine rings is 1. The van der Waals surface area contributed by atoms with Gasteiger partial charge < -0.3 is 9.84 Å². The van der Waals surface area contributed by atoms with E-state index in [9.17, 15) is 4.79 Å². The predicted octanol–water partition coefficient (Wildman–Crippen LogP) is 3.66. The molecule has 0 fully saturated rings. The summed E-state index contributed by atoms with van der Waals surface area (Å²) in [6.07, 6.45) is 7.87. The molecular formula is C21H24N4O2S. The number of hydrogen-bond donors (Lipinski definition) is 1. The SMILES string of the molecule is Cc1noc(C)c1CCCNC(=O)C1CCc2sc(-c3ccncc3)nc2C1. The first kappa shape index (κ1) is 18.8. The Labute approximate surface area is 168 Å². The fourth-order valence-electron chi connectivity index (χ4n) is 3.70. The maximum atomic E-state index is 12.6. The Bertz CT molecular complexity index is 945. The molecule has 0 spiro atoms. The summed E-state index contributed by atoms with van der Waals surface area (Å²) in [5.41, 5.74) is 4.27. The van der Waals surface area contributed by atoms with Crippen LogP contribution >= 0.6 is 11.3 Å². The lowest BCUT2D eigenvalue weighted by Gasteiger charge is -2.20. The largest absolute Gasteiger partial charge is 0.361 e. The molecule has 1 atom stereocenters. The number of aryl methyl sites for hydroxylation is 3. The summed E-state index contributed by atoms with van der Waals surface area (Å²) in [7, 11) is 0. The maximum Gasteiger partial charge on any atom is 0.223 e. The molecule has 1 aliphatic rings. The van der Waals surface area contributed by atoms with Crippen LogP contribution in [0.15, 0.2) is 29.0 Å². The van der Waals surface area contributed by atoms with E-state index in [1.165, 1.54) is 4.88 Å². The highest BCUT2D eigenvalue weighted by atomic mass is 32.1. The fraction of sp³-hybridized carbons (Fsp3) is 0.429. The third kappa shape index (κ3) is 3.99. The zero-order valence-electron chi connectivity index (χ0n) is 16.2. The molecule has 0 aromatic carbocycles. The first-order valence-corrected chi connectivity index (χ1v) is 10.5. The molecule has 4 rings (SSSR count). The zero-order valence-corrected chi connectivity index (χ0v) is 17.0. The molecule has 6 nitrogen and oxygen atoms in total. The van der Waals surface area contributed by atoms with Crippen molar-refractivity contribution in [3.63, 3.8) is 0 Å². The molecule has 7 heteroatoms. The molecule has 3 aromatic heterocycles. The topological polar surface area (TPSA) is 80.9 Å². The Kier molecular flexibility index (Phi) is 5.52. The third-order valence-corrected chi connectivity index (χ3v) is 6.53. The molecular weight excluding hydrogens is 372 g/mol. The predicted molar refractivity (Wildman–Crippen MR) is 108 cm³/mol.